The summed E-state index contributed by atoms with van der Waals surface area (Å²) in [5, 5.41) is 3.07. The molecule has 2 unspecified atom stereocenters. The first-order valence-electron chi connectivity index (χ1n) is 11.7. The van der Waals surface area contributed by atoms with Gasteiger partial charge in [0.15, 0.2) is 0 Å². The number of aliphatic imine (C=N–C) groups is 1. The van der Waals surface area contributed by atoms with Crippen molar-refractivity contribution >= 4 is 32.8 Å². The number of ether oxygens (including phenoxy) is 2. The van der Waals surface area contributed by atoms with Crippen LogP contribution in [-0.2, 0) is 4.74 Å². The molecule has 0 amide bonds. The van der Waals surface area contributed by atoms with Crippen LogP contribution in [0.4, 0.5) is 20.2 Å². The number of carbonyl (C=O) groups excluding carboxylic acids is 1. The number of alkyl halides is 2. The van der Waals surface area contributed by atoms with Gasteiger partial charge in [-0.25, -0.2) is 13.6 Å². The van der Waals surface area contributed by atoms with E-state index in [1.807, 2.05) is 65.1 Å². The zero-order valence-corrected chi connectivity index (χ0v) is 23.4. The van der Waals surface area contributed by atoms with E-state index in [1.54, 1.807) is 45.8 Å². The van der Waals surface area contributed by atoms with Gasteiger partial charge >= 0.3 is 5.97 Å². The summed E-state index contributed by atoms with van der Waals surface area (Å²) in [6.45, 7) is 9.59. The number of carbonyl (C=O) groups is 1. The third kappa shape index (κ3) is 13.1. The molecule has 5 nitrogen and oxygen atoms in total. The van der Waals surface area contributed by atoms with Crippen molar-refractivity contribution in [3.05, 3.63) is 77.9 Å². The molecule has 2 aromatic carbocycles. The average Bonchev–Trinajstić information content (AvgIpc) is 2.87. The highest BCUT2D eigenvalue weighted by atomic mass is 31.0. The number of hydrogen-bond acceptors (Lipinski definition) is 5. The zero-order chi connectivity index (χ0) is 27.6. The molecule has 36 heavy (non-hydrogen) atoms. The lowest BCUT2D eigenvalue weighted by Crippen LogP contribution is -2.14. The van der Waals surface area contributed by atoms with E-state index in [0.29, 0.717) is 11.3 Å². The van der Waals surface area contributed by atoms with Crippen LogP contribution in [0.5, 0.6) is 5.75 Å². The van der Waals surface area contributed by atoms with E-state index < -0.39 is 17.6 Å². The maximum absolute atomic E-state index is 12.5. The third-order valence-corrected chi connectivity index (χ3v) is 4.97. The third-order valence-electron chi connectivity index (χ3n) is 4.45. The molecule has 0 fully saturated rings. The second-order valence-electron chi connectivity index (χ2n) is 7.47. The second-order valence-corrected chi connectivity index (χ2v) is 8.24. The van der Waals surface area contributed by atoms with Crippen molar-refractivity contribution in [3.63, 3.8) is 0 Å². The van der Waals surface area contributed by atoms with Gasteiger partial charge in [-0.15, -0.1) is 0 Å². The molecule has 1 N–H and O–H groups in total. The molecule has 0 saturated heterocycles. The molecule has 0 aromatic heterocycles. The van der Waals surface area contributed by atoms with E-state index in [1.165, 1.54) is 20.1 Å². The summed E-state index contributed by atoms with van der Waals surface area (Å²) < 4.78 is 35.4. The molecule has 0 heterocycles. The topological polar surface area (TPSA) is 59.9 Å². The predicted molar refractivity (Wildman–Crippen MR) is 151 cm³/mol. The van der Waals surface area contributed by atoms with Crippen molar-refractivity contribution in [2.75, 3.05) is 26.1 Å². The number of nitrogens with one attached hydrogen (secondary N) is 1. The molecule has 0 radical (unpaired) electrons. The molecule has 0 aliphatic carbocycles. The van der Waals surface area contributed by atoms with Gasteiger partial charge in [0.2, 0.25) is 0 Å². The lowest BCUT2D eigenvalue weighted by Gasteiger charge is -2.14. The van der Waals surface area contributed by atoms with E-state index in [9.17, 15) is 13.6 Å². The summed E-state index contributed by atoms with van der Waals surface area (Å²) in [5.74, 6) is -0.686. The number of para-hydroxylation sites is 3. The van der Waals surface area contributed by atoms with Crippen LogP contribution in [0.15, 0.2) is 77.3 Å². The SMILES string of the molecule is CC.CC(C)=C/C=C\C(C)C(F)(F)P.CNc1ccccc1N=CCOc1ccccc1C(=O)OC. The van der Waals surface area contributed by atoms with Gasteiger partial charge in [0.05, 0.1) is 18.5 Å². The van der Waals surface area contributed by atoms with Crippen molar-refractivity contribution in [3.8, 4) is 5.75 Å². The van der Waals surface area contributed by atoms with Crippen molar-refractivity contribution in [2.24, 2.45) is 10.9 Å². The van der Waals surface area contributed by atoms with Crippen LogP contribution >= 0.6 is 9.24 Å². The summed E-state index contributed by atoms with van der Waals surface area (Å²) in [4.78, 5) is 16.0. The number of allylic oxidation sites excluding steroid dienone is 4. The van der Waals surface area contributed by atoms with Crippen molar-refractivity contribution < 1.29 is 23.0 Å². The van der Waals surface area contributed by atoms with Gasteiger partial charge in [-0.3, -0.25) is 4.99 Å². The number of anilines is 1. The van der Waals surface area contributed by atoms with Crippen LogP contribution in [0.3, 0.4) is 0 Å². The van der Waals surface area contributed by atoms with Crippen LogP contribution in [0.2, 0.25) is 0 Å². The molecule has 2 atom stereocenters. The fourth-order valence-corrected chi connectivity index (χ4v) is 2.59. The first kappa shape index (κ1) is 33.0. The van der Waals surface area contributed by atoms with Crippen molar-refractivity contribution in [1.82, 2.24) is 0 Å². The first-order chi connectivity index (χ1) is 17.1. The van der Waals surface area contributed by atoms with Gasteiger partial charge in [-0.05, 0) is 38.1 Å². The molecule has 2 rings (SSSR count). The molecule has 0 aliphatic heterocycles. The number of halogens is 2. The summed E-state index contributed by atoms with van der Waals surface area (Å²) in [6, 6.07) is 14.7. The average molecular weight is 521 g/mol. The Morgan fingerprint density at radius 1 is 1.14 bits per heavy atom. The maximum Gasteiger partial charge on any atom is 0.341 e. The van der Waals surface area contributed by atoms with Gasteiger partial charge in [0, 0.05) is 19.2 Å². The van der Waals surface area contributed by atoms with Crippen LogP contribution in [0.25, 0.3) is 0 Å². The number of hydrogen-bond donors (Lipinski definition) is 1. The highest BCUT2D eigenvalue weighted by molar-refractivity contribution is 7.18. The Hall–Kier alpha value is -3.05. The van der Waals surface area contributed by atoms with E-state index in [-0.39, 0.29) is 6.61 Å². The minimum atomic E-state index is -2.70. The number of esters is 1. The molecule has 0 aliphatic rings. The lowest BCUT2D eigenvalue weighted by molar-refractivity contribution is 0.0596. The Bertz CT molecular complexity index is 998. The lowest BCUT2D eigenvalue weighted by atomic mass is 10.1. The fraction of sp³-hybridized carbons (Fsp3) is 0.357. The Morgan fingerprint density at radius 3 is 2.33 bits per heavy atom. The minimum Gasteiger partial charge on any atom is -0.487 e. The van der Waals surface area contributed by atoms with Gasteiger partial charge in [-0.2, -0.15) is 0 Å². The Labute approximate surface area is 216 Å². The molecule has 2 aromatic rings. The number of benzene rings is 2. The van der Waals surface area contributed by atoms with Gasteiger partial charge < -0.3 is 14.8 Å². The van der Waals surface area contributed by atoms with Crippen LogP contribution in [0, 0.1) is 5.92 Å². The summed E-state index contributed by atoms with van der Waals surface area (Å²) in [7, 11) is 4.73. The minimum absolute atomic E-state index is 0.256. The quantitative estimate of drug-likeness (QED) is 0.158. The molecular weight excluding hydrogens is 481 g/mol. The maximum atomic E-state index is 12.5. The molecule has 0 saturated carbocycles. The molecule has 8 heteroatoms. The van der Waals surface area contributed by atoms with E-state index >= 15 is 0 Å². The van der Waals surface area contributed by atoms with Gasteiger partial charge in [0.1, 0.15) is 17.9 Å². The smallest absolute Gasteiger partial charge is 0.341 e. The fourth-order valence-electron chi connectivity index (χ4n) is 2.47. The summed E-state index contributed by atoms with van der Waals surface area (Å²) in [6.07, 6.45) is 6.63. The molecule has 0 bridgehead atoms. The highest BCUT2D eigenvalue weighted by Gasteiger charge is 2.27. The predicted octanol–water partition coefficient (Wildman–Crippen LogP) is 7.94. The number of methoxy groups -OCH3 is 1. The number of nitrogens with zero attached hydrogens (tertiary/aromatic N) is 1. The first-order valence-corrected chi connectivity index (χ1v) is 12.3. The Morgan fingerprint density at radius 2 is 1.75 bits per heavy atom. The normalized spacial score (nSPS) is 11.5. The van der Waals surface area contributed by atoms with Crippen molar-refractivity contribution in [2.45, 2.75) is 40.3 Å². The standard InChI is InChI=1S/C17H18N2O3.C9H15F2P.C2H6/c1-18-14-8-4-5-9-15(14)19-11-12-22-16-10-6-3-7-13(16)17(20)21-2;1-7(2)5-4-6-8(3)9(10,11)12;1-2/h3-11,18H,12H2,1-2H3;4-6,8H,12H2,1-3H3;1-2H3/b;6-4-;. The monoisotopic (exact) mass is 520 g/mol. The van der Waals surface area contributed by atoms with Crippen LogP contribution in [0.1, 0.15) is 45.0 Å². The second kappa shape index (κ2) is 18.3. The van der Waals surface area contributed by atoms with Gasteiger partial charge in [0.25, 0.3) is 5.66 Å². The zero-order valence-electron chi connectivity index (χ0n) is 22.2. The van der Waals surface area contributed by atoms with Gasteiger partial charge in [-0.1, -0.05) is 78.1 Å². The number of rotatable bonds is 9. The molecular formula is C28H39F2N2O3P. The Balaban J connectivity index is 0.000000746. The highest BCUT2D eigenvalue weighted by Crippen LogP contribution is 2.32. The van der Waals surface area contributed by atoms with E-state index in [2.05, 4.69) is 10.3 Å². The van der Waals surface area contributed by atoms with Crippen LogP contribution < -0.4 is 10.1 Å². The molecule has 198 valence electrons. The largest absolute Gasteiger partial charge is 0.487 e. The summed E-state index contributed by atoms with van der Waals surface area (Å²) >= 11 is 0. The van der Waals surface area contributed by atoms with E-state index in [4.69, 9.17) is 9.47 Å². The van der Waals surface area contributed by atoms with E-state index in [0.717, 1.165) is 16.9 Å². The molecule has 0 spiro atoms. The summed E-state index contributed by atoms with van der Waals surface area (Å²) in [5.41, 5.74) is 0.564. The van der Waals surface area contributed by atoms with Crippen molar-refractivity contribution in [1.29, 1.82) is 0 Å². The Kier molecular flexibility index (Phi) is 16.7. The van der Waals surface area contributed by atoms with Crippen LogP contribution in [-0.4, -0.2) is 38.6 Å².